The first-order chi connectivity index (χ1) is 13.5. The van der Waals surface area contributed by atoms with Crippen molar-refractivity contribution < 1.29 is 9.59 Å². The molecule has 3 aromatic rings. The molecule has 144 valence electrons. The van der Waals surface area contributed by atoms with Crippen molar-refractivity contribution in [1.82, 2.24) is 25.4 Å². The van der Waals surface area contributed by atoms with Gasteiger partial charge in [0.25, 0.3) is 0 Å². The molecule has 0 radical (unpaired) electrons. The standard InChI is InChI=1S/C20H20BrN5O2/c1-14(27)24-18(15-7-9-16(21)10-8-15)11-20(28)22-12-19-25-23-13-26(19)17-5-3-2-4-6-17/h2-10,13,18H,11-12H2,1H3,(H,22,28)(H,24,27). The van der Waals surface area contributed by atoms with Crippen molar-refractivity contribution in [3.63, 3.8) is 0 Å². The summed E-state index contributed by atoms with van der Waals surface area (Å²) in [6, 6.07) is 16.8. The maximum atomic E-state index is 12.5. The molecule has 0 aliphatic heterocycles. The van der Waals surface area contributed by atoms with Gasteiger partial charge in [0.2, 0.25) is 11.8 Å². The Labute approximate surface area is 171 Å². The molecule has 1 heterocycles. The fraction of sp³-hybridized carbons (Fsp3) is 0.200. The second-order valence-corrected chi connectivity index (χ2v) is 7.15. The largest absolute Gasteiger partial charge is 0.349 e. The Morgan fingerprint density at radius 1 is 1.11 bits per heavy atom. The van der Waals surface area contributed by atoms with Crippen molar-refractivity contribution in [1.29, 1.82) is 0 Å². The highest BCUT2D eigenvalue weighted by atomic mass is 79.9. The molecule has 2 amide bonds. The molecule has 28 heavy (non-hydrogen) atoms. The highest BCUT2D eigenvalue weighted by Gasteiger charge is 2.18. The molecule has 1 unspecified atom stereocenters. The summed E-state index contributed by atoms with van der Waals surface area (Å²) < 4.78 is 2.75. The molecule has 8 heteroatoms. The summed E-state index contributed by atoms with van der Waals surface area (Å²) >= 11 is 3.39. The van der Waals surface area contributed by atoms with Crippen LogP contribution in [0.3, 0.4) is 0 Å². The van der Waals surface area contributed by atoms with Gasteiger partial charge in [-0.15, -0.1) is 10.2 Å². The number of amides is 2. The Balaban J connectivity index is 1.65. The van der Waals surface area contributed by atoms with Gasteiger partial charge in [0.15, 0.2) is 5.82 Å². The van der Waals surface area contributed by atoms with Crippen molar-refractivity contribution in [3.8, 4) is 5.69 Å². The summed E-state index contributed by atoms with van der Waals surface area (Å²) in [7, 11) is 0. The van der Waals surface area contributed by atoms with E-state index in [2.05, 4.69) is 36.8 Å². The molecule has 2 N–H and O–H groups in total. The Hall–Kier alpha value is -3.00. The van der Waals surface area contributed by atoms with Crippen molar-refractivity contribution >= 4 is 27.7 Å². The van der Waals surface area contributed by atoms with Gasteiger partial charge in [-0.25, -0.2) is 0 Å². The first kappa shape index (κ1) is 19.8. The average Bonchev–Trinajstić information content (AvgIpc) is 3.15. The van der Waals surface area contributed by atoms with E-state index in [1.165, 1.54) is 6.92 Å². The monoisotopic (exact) mass is 441 g/mol. The molecular formula is C20H20BrN5O2. The fourth-order valence-electron chi connectivity index (χ4n) is 2.81. The molecule has 0 aliphatic carbocycles. The predicted octanol–water partition coefficient (Wildman–Crippen LogP) is 2.91. The number of hydrogen-bond acceptors (Lipinski definition) is 4. The van der Waals surface area contributed by atoms with Crippen LogP contribution in [0.1, 0.15) is 30.8 Å². The van der Waals surface area contributed by atoms with E-state index in [1.54, 1.807) is 6.33 Å². The fourth-order valence-corrected chi connectivity index (χ4v) is 3.08. The maximum Gasteiger partial charge on any atom is 0.222 e. The summed E-state index contributed by atoms with van der Waals surface area (Å²) in [5, 5.41) is 13.7. The lowest BCUT2D eigenvalue weighted by atomic mass is 10.0. The quantitative estimate of drug-likeness (QED) is 0.589. The van der Waals surface area contributed by atoms with Gasteiger partial charge in [-0.2, -0.15) is 0 Å². The van der Waals surface area contributed by atoms with E-state index in [1.807, 2.05) is 59.2 Å². The molecular weight excluding hydrogens is 422 g/mol. The smallest absolute Gasteiger partial charge is 0.222 e. The van der Waals surface area contributed by atoms with E-state index in [0.29, 0.717) is 5.82 Å². The van der Waals surface area contributed by atoms with Gasteiger partial charge in [-0.3, -0.25) is 14.2 Å². The lowest BCUT2D eigenvalue weighted by Gasteiger charge is -2.18. The lowest BCUT2D eigenvalue weighted by molar-refractivity contribution is -0.123. The number of halogens is 1. The highest BCUT2D eigenvalue weighted by molar-refractivity contribution is 9.10. The molecule has 0 aliphatic rings. The molecule has 1 aromatic heterocycles. The van der Waals surface area contributed by atoms with Gasteiger partial charge in [0.1, 0.15) is 6.33 Å². The summed E-state index contributed by atoms with van der Waals surface area (Å²) in [5.41, 5.74) is 1.78. The van der Waals surface area contributed by atoms with Gasteiger partial charge in [-0.1, -0.05) is 46.3 Å². The van der Waals surface area contributed by atoms with Crippen molar-refractivity contribution in [2.75, 3.05) is 0 Å². The molecule has 0 spiro atoms. The van der Waals surface area contributed by atoms with Crippen LogP contribution in [-0.4, -0.2) is 26.6 Å². The van der Waals surface area contributed by atoms with E-state index < -0.39 is 6.04 Å². The Morgan fingerprint density at radius 3 is 2.50 bits per heavy atom. The first-order valence-electron chi connectivity index (χ1n) is 8.76. The first-order valence-corrected chi connectivity index (χ1v) is 9.56. The van der Waals surface area contributed by atoms with Crippen LogP contribution in [0.5, 0.6) is 0 Å². The minimum absolute atomic E-state index is 0.126. The van der Waals surface area contributed by atoms with Crippen LogP contribution in [0.2, 0.25) is 0 Å². The molecule has 2 aromatic carbocycles. The number of carbonyl (C=O) groups excluding carboxylic acids is 2. The summed E-state index contributed by atoms with van der Waals surface area (Å²) in [5.74, 6) is 0.244. The third-order valence-corrected chi connectivity index (χ3v) is 4.66. The van der Waals surface area contributed by atoms with Gasteiger partial charge in [0, 0.05) is 17.1 Å². The second kappa shape index (κ2) is 9.27. The van der Waals surface area contributed by atoms with E-state index in [0.717, 1.165) is 15.7 Å². The van der Waals surface area contributed by atoms with Gasteiger partial charge in [-0.05, 0) is 29.8 Å². The van der Waals surface area contributed by atoms with Crippen LogP contribution in [0.25, 0.3) is 5.69 Å². The Bertz CT molecular complexity index is 941. The summed E-state index contributed by atoms with van der Waals surface area (Å²) in [6.07, 6.45) is 1.74. The van der Waals surface area contributed by atoms with E-state index in [4.69, 9.17) is 0 Å². The van der Waals surface area contributed by atoms with Crippen LogP contribution >= 0.6 is 15.9 Å². The number of benzene rings is 2. The van der Waals surface area contributed by atoms with Crippen LogP contribution < -0.4 is 10.6 Å². The minimum Gasteiger partial charge on any atom is -0.349 e. The zero-order valence-electron chi connectivity index (χ0n) is 15.3. The van der Waals surface area contributed by atoms with Crippen LogP contribution in [0, 0.1) is 0 Å². The van der Waals surface area contributed by atoms with Crippen molar-refractivity contribution in [2.24, 2.45) is 0 Å². The Morgan fingerprint density at radius 2 is 1.82 bits per heavy atom. The third kappa shape index (κ3) is 5.26. The number of hydrogen-bond donors (Lipinski definition) is 2. The highest BCUT2D eigenvalue weighted by Crippen LogP contribution is 2.20. The normalized spacial score (nSPS) is 11.6. The Kier molecular flexibility index (Phi) is 6.54. The molecule has 0 bridgehead atoms. The topological polar surface area (TPSA) is 88.9 Å². The number of nitrogens with one attached hydrogen (secondary N) is 2. The number of aromatic nitrogens is 3. The number of nitrogens with zero attached hydrogens (tertiary/aromatic N) is 3. The average molecular weight is 442 g/mol. The summed E-state index contributed by atoms with van der Waals surface area (Å²) in [4.78, 5) is 24.0. The van der Waals surface area contributed by atoms with Gasteiger partial charge >= 0.3 is 0 Å². The predicted molar refractivity (Wildman–Crippen MR) is 109 cm³/mol. The van der Waals surface area contributed by atoms with Gasteiger partial charge < -0.3 is 10.6 Å². The SMILES string of the molecule is CC(=O)NC(CC(=O)NCc1nncn1-c1ccccc1)c1ccc(Br)cc1. The lowest BCUT2D eigenvalue weighted by Crippen LogP contribution is -2.32. The minimum atomic E-state index is -0.405. The van der Waals surface area contributed by atoms with E-state index >= 15 is 0 Å². The third-order valence-electron chi connectivity index (χ3n) is 4.14. The van der Waals surface area contributed by atoms with Crippen molar-refractivity contribution in [3.05, 3.63) is 76.8 Å². The molecule has 3 rings (SSSR count). The molecule has 0 saturated heterocycles. The zero-order valence-corrected chi connectivity index (χ0v) is 16.9. The van der Waals surface area contributed by atoms with Crippen LogP contribution in [0.15, 0.2) is 65.4 Å². The van der Waals surface area contributed by atoms with Crippen LogP contribution in [0.4, 0.5) is 0 Å². The molecule has 0 fully saturated rings. The van der Waals surface area contributed by atoms with E-state index in [9.17, 15) is 9.59 Å². The van der Waals surface area contributed by atoms with Crippen LogP contribution in [-0.2, 0) is 16.1 Å². The van der Waals surface area contributed by atoms with Gasteiger partial charge in [0.05, 0.1) is 19.0 Å². The second-order valence-electron chi connectivity index (χ2n) is 6.24. The van der Waals surface area contributed by atoms with E-state index in [-0.39, 0.29) is 24.8 Å². The maximum absolute atomic E-state index is 12.5. The molecule has 1 atom stereocenters. The van der Waals surface area contributed by atoms with Crippen molar-refractivity contribution in [2.45, 2.75) is 25.9 Å². The number of para-hydroxylation sites is 1. The number of carbonyl (C=O) groups is 2. The number of rotatable bonds is 7. The summed E-state index contributed by atoms with van der Waals surface area (Å²) in [6.45, 7) is 1.67. The molecule has 7 nitrogen and oxygen atoms in total. The zero-order chi connectivity index (χ0) is 19.9. The molecule has 0 saturated carbocycles.